The molecular formula is C23H25N3O. The van der Waals surface area contributed by atoms with Gasteiger partial charge in [-0.25, -0.2) is 0 Å². The minimum absolute atomic E-state index is 0.00270. The van der Waals surface area contributed by atoms with E-state index in [1.165, 1.54) is 16.5 Å². The lowest BCUT2D eigenvalue weighted by molar-refractivity contribution is -0.121. The van der Waals surface area contributed by atoms with Crippen molar-refractivity contribution in [3.8, 4) is 0 Å². The van der Waals surface area contributed by atoms with Crippen molar-refractivity contribution in [1.82, 2.24) is 10.3 Å². The normalized spacial score (nSPS) is 24.1. The number of aromatic amines is 1. The van der Waals surface area contributed by atoms with Crippen LogP contribution < -0.4 is 10.6 Å². The molecule has 2 atom stereocenters. The van der Waals surface area contributed by atoms with E-state index in [4.69, 9.17) is 0 Å². The number of hydrogen-bond donors (Lipinski definition) is 3. The highest BCUT2D eigenvalue weighted by atomic mass is 16.2. The molecule has 3 N–H and O–H groups in total. The first-order valence-corrected chi connectivity index (χ1v) is 9.65. The number of para-hydroxylation sites is 1. The standard InChI is InChI=1S/C23H25N3O/c1-13-11-16-15-7-5-6-8-18(15)24-20(16)23(26-13)17-12-14(22(2,3)4)9-10-19(17)25-21(23)27/h5-10,12-13,24,26H,11H2,1-4H3,(H,25,27). The Morgan fingerprint density at radius 2 is 1.89 bits per heavy atom. The van der Waals surface area contributed by atoms with Gasteiger partial charge in [-0.1, -0.05) is 51.1 Å². The van der Waals surface area contributed by atoms with Crippen molar-refractivity contribution >= 4 is 22.5 Å². The highest BCUT2D eigenvalue weighted by Crippen LogP contribution is 2.47. The summed E-state index contributed by atoms with van der Waals surface area (Å²) in [6.45, 7) is 8.77. The molecular weight excluding hydrogens is 334 g/mol. The average Bonchev–Trinajstić information content (AvgIpc) is 3.11. The van der Waals surface area contributed by atoms with Crippen molar-refractivity contribution in [3.63, 3.8) is 0 Å². The second kappa shape index (κ2) is 5.23. The Bertz CT molecular complexity index is 1090. The Morgan fingerprint density at radius 3 is 2.67 bits per heavy atom. The molecule has 1 aromatic heterocycles. The van der Waals surface area contributed by atoms with Gasteiger partial charge in [-0.05, 0) is 42.0 Å². The van der Waals surface area contributed by atoms with E-state index in [-0.39, 0.29) is 17.4 Å². The van der Waals surface area contributed by atoms with Crippen LogP contribution in [0, 0.1) is 0 Å². The summed E-state index contributed by atoms with van der Waals surface area (Å²) in [5.41, 5.74) is 5.65. The van der Waals surface area contributed by atoms with Crippen LogP contribution in [0.3, 0.4) is 0 Å². The molecule has 0 saturated heterocycles. The highest BCUT2D eigenvalue weighted by Gasteiger charge is 2.53. The quantitative estimate of drug-likeness (QED) is 0.563. The van der Waals surface area contributed by atoms with Crippen molar-refractivity contribution in [2.75, 3.05) is 5.32 Å². The van der Waals surface area contributed by atoms with Crippen LogP contribution in [0.15, 0.2) is 42.5 Å². The molecule has 4 heteroatoms. The molecule has 2 aromatic carbocycles. The van der Waals surface area contributed by atoms with E-state index in [1.807, 2.05) is 12.1 Å². The zero-order valence-corrected chi connectivity index (χ0v) is 16.2. The van der Waals surface area contributed by atoms with Gasteiger partial charge in [-0.2, -0.15) is 0 Å². The number of H-pyrrole nitrogens is 1. The van der Waals surface area contributed by atoms with Crippen LogP contribution in [0.25, 0.3) is 10.9 Å². The summed E-state index contributed by atoms with van der Waals surface area (Å²) < 4.78 is 0. The molecule has 2 unspecified atom stereocenters. The van der Waals surface area contributed by atoms with Crippen LogP contribution in [0.2, 0.25) is 0 Å². The number of rotatable bonds is 0. The number of hydrogen-bond acceptors (Lipinski definition) is 2. The van der Waals surface area contributed by atoms with E-state index in [0.717, 1.165) is 28.9 Å². The minimum atomic E-state index is -0.859. The third-order valence-corrected chi connectivity index (χ3v) is 6.04. The van der Waals surface area contributed by atoms with Gasteiger partial charge >= 0.3 is 0 Å². The lowest BCUT2D eigenvalue weighted by atomic mass is 9.77. The average molecular weight is 359 g/mol. The topological polar surface area (TPSA) is 56.9 Å². The van der Waals surface area contributed by atoms with Gasteiger partial charge in [0.25, 0.3) is 5.91 Å². The molecule has 0 aliphatic carbocycles. The van der Waals surface area contributed by atoms with Gasteiger partial charge in [0.1, 0.15) is 0 Å². The summed E-state index contributed by atoms with van der Waals surface area (Å²) >= 11 is 0. The number of nitrogens with one attached hydrogen (secondary N) is 3. The fraction of sp³-hybridized carbons (Fsp3) is 0.348. The Balaban J connectivity index is 1.83. The van der Waals surface area contributed by atoms with E-state index in [0.29, 0.717) is 0 Å². The number of amides is 1. The molecule has 4 nitrogen and oxygen atoms in total. The van der Waals surface area contributed by atoms with Crippen molar-refractivity contribution < 1.29 is 4.79 Å². The van der Waals surface area contributed by atoms with Gasteiger partial charge in [0, 0.05) is 28.2 Å². The molecule has 0 radical (unpaired) electrons. The predicted octanol–water partition coefficient (Wildman–Crippen LogP) is 4.20. The van der Waals surface area contributed by atoms with Crippen LogP contribution in [-0.2, 0) is 22.2 Å². The largest absolute Gasteiger partial charge is 0.356 e. The molecule has 0 saturated carbocycles. The monoisotopic (exact) mass is 359 g/mol. The molecule has 1 spiro atoms. The third-order valence-electron chi connectivity index (χ3n) is 6.04. The summed E-state index contributed by atoms with van der Waals surface area (Å²) in [4.78, 5) is 16.9. The van der Waals surface area contributed by atoms with Crippen LogP contribution in [0.4, 0.5) is 5.69 Å². The molecule has 138 valence electrons. The van der Waals surface area contributed by atoms with Crippen molar-refractivity contribution in [2.45, 2.75) is 51.1 Å². The lowest BCUT2D eigenvalue weighted by Crippen LogP contribution is -2.56. The van der Waals surface area contributed by atoms with Crippen LogP contribution in [0.5, 0.6) is 0 Å². The van der Waals surface area contributed by atoms with Gasteiger partial charge in [-0.3, -0.25) is 10.1 Å². The predicted molar refractivity (Wildman–Crippen MR) is 109 cm³/mol. The molecule has 3 heterocycles. The first-order valence-electron chi connectivity index (χ1n) is 9.65. The third kappa shape index (κ3) is 2.16. The first kappa shape index (κ1) is 16.6. The maximum Gasteiger partial charge on any atom is 0.255 e. The van der Waals surface area contributed by atoms with Gasteiger partial charge in [-0.15, -0.1) is 0 Å². The number of aromatic nitrogens is 1. The summed E-state index contributed by atoms with van der Waals surface area (Å²) in [5.74, 6) is 0.00270. The molecule has 0 fully saturated rings. The maximum atomic E-state index is 13.4. The fourth-order valence-corrected chi connectivity index (χ4v) is 4.69. The minimum Gasteiger partial charge on any atom is -0.356 e. The Hall–Kier alpha value is -2.59. The number of carbonyl (C=O) groups excluding carboxylic acids is 1. The summed E-state index contributed by atoms with van der Waals surface area (Å²) in [7, 11) is 0. The van der Waals surface area contributed by atoms with Gasteiger partial charge in [0.15, 0.2) is 5.54 Å². The van der Waals surface area contributed by atoms with Crippen LogP contribution in [-0.4, -0.2) is 16.9 Å². The lowest BCUT2D eigenvalue weighted by Gasteiger charge is -2.37. The van der Waals surface area contributed by atoms with E-state index in [1.54, 1.807) is 0 Å². The Kier molecular flexibility index (Phi) is 3.21. The van der Waals surface area contributed by atoms with E-state index in [2.05, 4.69) is 73.6 Å². The maximum absolute atomic E-state index is 13.4. The van der Waals surface area contributed by atoms with Gasteiger partial charge in [0.2, 0.25) is 0 Å². The van der Waals surface area contributed by atoms with Crippen molar-refractivity contribution in [1.29, 1.82) is 0 Å². The Labute approximate surface area is 159 Å². The van der Waals surface area contributed by atoms with Gasteiger partial charge in [0.05, 0.1) is 5.69 Å². The molecule has 2 aliphatic heterocycles. The molecule has 1 amide bonds. The summed E-state index contributed by atoms with van der Waals surface area (Å²) in [6, 6.07) is 14.9. The molecule has 3 aromatic rings. The Morgan fingerprint density at radius 1 is 1.11 bits per heavy atom. The van der Waals surface area contributed by atoms with E-state index >= 15 is 0 Å². The van der Waals surface area contributed by atoms with Crippen LogP contribution in [0.1, 0.15) is 50.1 Å². The number of benzene rings is 2. The second-order valence-corrected chi connectivity index (χ2v) is 8.99. The summed E-state index contributed by atoms with van der Waals surface area (Å²) in [6.07, 6.45) is 0.905. The number of anilines is 1. The van der Waals surface area contributed by atoms with E-state index in [9.17, 15) is 4.79 Å². The molecule has 0 bridgehead atoms. The van der Waals surface area contributed by atoms with Crippen molar-refractivity contribution in [2.24, 2.45) is 0 Å². The molecule has 5 rings (SSSR count). The van der Waals surface area contributed by atoms with Crippen molar-refractivity contribution in [3.05, 3.63) is 64.8 Å². The smallest absolute Gasteiger partial charge is 0.255 e. The number of fused-ring (bicyclic) bond motifs is 6. The molecule has 2 aliphatic rings. The zero-order valence-electron chi connectivity index (χ0n) is 16.2. The highest BCUT2D eigenvalue weighted by molar-refractivity contribution is 6.09. The SMILES string of the molecule is CC1Cc2c([nH]c3ccccc23)C2(N1)C(=O)Nc1ccc(C(C)(C)C)cc12. The summed E-state index contributed by atoms with van der Waals surface area (Å²) in [5, 5.41) is 7.99. The van der Waals surface area contributed by atoms with E-state index < -0.39 is 5.54 Å². The molecule has 27 heavy (non-hydrogen) atoms. The second-order valence-electron chi connectivity index (χ2n) is 8.99. The fourth-order valence-electron chi connectivity index (χ4n) is 4.69. The van der Waals surface area contributed by atoms with Crippen LogP contribution >= 0.6 is 0 Å². The number of carbonyl (C=O) groups is 1. The van der Waals surface area contributed by atoms with Gasteiger partial charge < -0.3 is 10.3 Å². The first-order chi connectivity index (χ1) is 12.8. The zero-order chi connectivity index (χ0) is 19.0.